The van der Waals surface area contributed by atoms with Gasteiger partial charge in [0.2, 0.25) is 0 Å². The van der Waals surface area contributed by atoms with E-state index < -0.39 is 0 Å². The zero-order chi connectivity index (χ0) is 26.3. The van der Waals surface area contributed by atoms with Crippen molar-refractivity contribution in [3.63, 3.8) is 0 Å². The summed E-state index contributed by atoms with van der Waals surface area (Å²) in [6.45, 7) is 8.32. The molecule has 198 valence electrons. The number of unbranched alkanes of at least 4 members (excludes halogenated alkanes) is 9. The number of ether oxygens (including phenoxy) is 1. The Hall–Kier alpha value is -2.27. The lowest BCUT2D eigenvalue weighted by Crippen LogP contribution is -2.08. The smallest absolute Gasteiger partial charge is 0.306 e. The number of thioether (sulfide) groups is 1. The second-order valence-electron chi connectivity index (χ2n) is 9.74. The van der Waals surface area contributed by atoms with Gasteiger partial charge in [-0.15, -0.1) is 11.8 Å². The SMILES string of the molecule is CCCCCCCCCCCCOC(=O)CCSc1c(C(=O)c2ccc(C)cc2)cc(C)c(O)c1C. The summed E-state index contributed by atoms with van der Waals surface area (Å²) in [4.78, 5) is 26.2. The number of ketones is 1. The van der Waals surface area contributed by atoms with Crippen LogP contribution in [0.25, 0.3) is 0 Å². The summed E-state index contributed by atoms with van der Waals surface area (Å²) in [5.41, 5.74) is 3.62. The van der Waals surface area contributed by atoms with Crippen LogP contribution in [0.2, 0.25) is 0 Å². The number of aromatic hydroxyl groups is 1. The largest absolute Gasteiger partial charge is 0.507 e. The molecule has 0 fully saturated rings. The average Bonchev–Trinajstić information content (AvgIpc) is 2.87. The lowest BCUT2D eigenvalue weighted by molar-refractivity contribution is -0.143. The highest BCUT2D eigenvalue weighted by atomic mass is 32.2. The summed E-state index contributed by atoms with van der Waals surface area (Å²) < 4.78 is 5.41. The van der Waals surface area contributed by atoms with Gasteiger partial charge in [-0.25, -0.2) is 0 Å². The van der Waals surface area contributed by atoms with E-state index in [1.165, 1.54) is 63.1 Å². The zero-order valence-corrected chi connectivity index (χ0v) is 23.5. The van der Waals surface area contributed by atoms with Crippen molar-refractivity contribution in [1.29, 1.82) is 0 Å². The molecule has 0 radical (unpaired) electrons. The van der Waals surface area contributed by atoms with Crippen molar-refractivity contribution in [3.8, 4) is 5.75 Å². The number of aryl methyl sites for hydroxylation is 2. The van der Waals surface area contributed by atoms with Crippen molar-refractivity contribution in [2.24, 2.45) is 0 Å². The van der Waals surface area contributed by atoms with E-state index >= 15 is 0 Å². The Morgan fingerprint density at radius 2 is 1.44 bits per heavy atom. The number of benzene rings is 2. The summed E-state index contributed by atoms with van der Waals surface area (Å²) >= 11 is 1.43. The molecule has 0 aliphatic rings. The van der Waals surface area contributed by atoms with E-state index in [1.807, 2.05) is 38.1 Å². The van der Waals surface area contributed by atoms with Crippen LogP contribution in [0.3, 0.4) is 0 Å². The second kappa shape index (κ2) is 16.5. The molecule has 0 aliphatic carbocycles. The molecular weight excluding hydrogens is 468 g/mol. The molecule has 4 nitrogen and oxygen atoms in total. The molecule has 0 spiro atoms. The molecule has 5 heteroatoms. The standard InChI is InChI=1S/C31H44O4S/c1-5-6-7-8-9-10-11-12-13-14-20-35-28(32)19-21-36-31-25(4)29(33)24(3)22-27(31)30(34)26-17-15-23(2)16-18-26/h15-18,22,33H,5-14,19-21H2,1-4H3. The van der Waals surface area contributed by atoms with Crippen LogP contribution < -0.4 is 0 Å². The molecule has 2 aromatic carbocycles. The summed E-state index contributed by atoms with van der Waals surface area (Å²) in [7, 11) is 0. The van der Waals surface area contributed by atoms with Gasteiger partial charge in [-0.1, -0.05) is 94.5 Å². The van der Waals surface area contributed by atoms with Gasteiger partial charge in [-0.2, -0.15) is 0 Å². The molecule has 0 saturated heterocycles. The van der Waals surface area contributed by atoms with Gasteiger partial charge in [0, 0.05) is 27.3 Å². The van der Waals surface area contributed by atoms with Crippen molar-refractivity contribution < 1.29 is 19.4 Å². The maximum Gasteiger partial charge on any atom is 0.306 e. The van der Waals surface area contributed by atoms with Gasteiger partial charge in [-0.05, 0) is 38.8 Å². The van der Waals surface area contributed by atoms with Crippen molar-refractivity contribution >= 4 is 23.5 Å². The van der Waals surface area contributed by atoms with Gasteiger partial charge >= 0.3 is 5.97 Å². The first-order chi connectivity index (χ1) is 17.3. The van der Waals surface area contributed by atoms with Crippen molar-refractivity contribution in [3.05, 3.63) is 58.1 Å². The van der Waals surface area contributed by atoms with E-state index in [0.29, 0.717) is 34.6 Å². The minimum absolute atomic E-state index is 0.0766. The quantitative estimate of drug-likeness (QED) is 0.0996. The molecule has 0 aliphatic heterocycles. The van der Waals surface area contributed by atoms with Gasteiger partial charge in [0.15, 0.2) is 5.78 Å². The van der Waals surface area contributed by atoms with Crippen LogP contribution in [0, 0.1) is 20.8 Å². The van der Waals surface area contributed by atoms with Crippen molar-refractivity contribution in [1.82, 2.24) is 0 Å². The summed E-state index contributed by atoms with van der Waals surface area (Å²) in [6, 6.07) is 9.25. The highest BCUT2D eigenvalue weighted by Gasteiger charge is 2.20. The number of hydrogen-bond donors (Lipinski definition) is 1. The van der Waals surface area contributed by atoms with Crippen LogP contribution in [0.4, 0.5) is 0 Å². The first-order valence-corrected chi connectivity index (χ1v) is 14.6. The molecule has 0 bridgehead atoms. The minimum Gasteiger partial charge on any atom is -0.507 e. The Kier molecular flexibility index (Phi) is 13.7. The monoisotopic (exact) mass is 512 g/mol. The van der Waals surface area contributed by atoms with Gasteiger partial charge in [-0.3, -0.25) is 9.59 Å². The molecule has 0 saturated carbocycles. The molecule has 2 rings (SSSR count). The number of phenols is 1. The summed E-state index contributed by atoms with van der Waals surface area (Å²) in [6.07, 6.45) is 12.8. The molecule has 0 heterocycles. The number of carbonyl (C=O) groups is 2. The number of hydrogen-bond acceptors (Lipinski definition) is 5. The molecule has 0 aromatic heterocycles. The third-order valence-electron chi connectivity index (χ3n) is 6.55. The van der Waals surface area contributed by atoms with Crippen LogP contribution in [-0.4, -0.2) is 29.2 Å². The number of rotatable bonds is 17. The van der Waals surface area contributed by atoms with Crippen LogP contribution in [-0.2, 0) is 9.53 Å². The number of esters is 1. The number of phenolic OH excluding ortho intramolecular Hbond substituents is 1. The van der Waals surface area contributed by atoms with Crippen molar-refractivity contribution in [2.75, 3.05) is 12.4 Å². The Bertz CT molecular complexity index is 966. The molecule has 36 heavy (non-hydrogen) atoms. The van der Waals surface area contributed by atoms with E-state index in [9.17, 15) is 14.7 Å². The lowest BCUT2D eigenvalue weighted by Gasteiger charge is -2.15. The highest BCUT2D eigenvalue weighted by molar-refractivity contribution is 7.99. The Labute approximate surface area is 222 Å². The predicted octanol–water partition coefficient (Wildman–Crippen LogP) is 8.49. The van der Waals surface area contributed by atoms with Crippen molar-refractivity contribution in [2.45, 2.75) is 103 Å². The van der Waals surface area contributed by atoms with E-state index in [1.54, 1.807) is 13.0 Å². The van der Waals surface area contributed by atoms with Crippen LogP contribution in [0.1, 0.15) is 110 Å². The zero-order valence-electron chi connectivity index (χ0n) is 22.7. The molecule has 0 amide bonds. The maximum atomic E-state index is 13.2. The maximum absolute atomic E-state index is 13.2. The fourth-order valence-corrected chi connectivity index (χ4v) is 5.35. The van der Waals surface area contributed by atoms with Gasteiger partial charge < -0.3 is 9.84 Å². The molecule has 0 unspecified atom stereocenters. The Morgan fingerprint density at radius 1 is 0.861 bits per heavy atom. The van der Waals surface area contributed by atoms with Gasteiger partial charge in [0.05, 0.1) is 13.0 Å². The van der Waals surface area contributed by atoms with E-state index in [0.717, 1.165) is 23.3 Å². The topological polar surface area (TPSA) is 63.6 Å². The van der Waals surface area contributed by atoms with Crippen LogP contribution >= 0.6 is 11.8 Å². The average molecular weight is 513 g/mol. The van der Waals surface area contributed by atoms with Gasteiger partial charge in [0.1, 0.15) is 5.75 Å². The van der Waals surface area contributed by atoms with Crippen LogP contribution in [0.5, 0.6) is 5.75 Å². The summed E-state index contributed by atoms with van der Waals surface area (Å²) in [5, 5.41) is 10.5. The fraction of sp³-hybridized carbons (Fsp3) is 0.548. The molecule has 2 aromatic rings. The summed E-state index contributed by atoms with van der Waals surface area (Å²) in [5.74, 6) is 0.404. The Morgan fingerprint density at radius 3 is 2.06 bits per heavy atom. The predicted molar refractivity (Wildman–Crippen MR) is 150 cm³/mol. The fourth-order valence-electron chi connectivity index (χ4n) is 4.25. The third kappa shape index (κ3) is 10.0. The minimum atomic E-state index is -0.209. The number of carbonyl (C=O) groups excluding carboxylic acids is 2. The third-order valence-corrected chi connectivity index (χ3v) is 7.77. The van der Waals surface area contributed by atoms with Gasteiger partial charge in [0.25, 0.3) is 0 Å². The first-order valence-electron chi connectivity index (χ1n) is 13.6. The molecule has 1 N–H and O–H groups in total. The lowest BCUT2D eigenvalue weighted by atomic mass is 9.98. The highest BCUT2D eigenvalue weighted by Crippen LogP contribution is 2.36. The molecular formula is C31H44O4S. The van der Waals surface area contributed by atoms with Crippen LogP contribution in [0.15, 0.2) is 35.2 Å². The van der Waals surface area contributed by atoms with E-state index in [4.69, 9.17) is 4.74 Å². The van der Waals surface area contributed by atoms with E-state index in [2.05, 4.69) is 6.92 Å². The Balaban J connectivity index is 1.77. The van der Waals surface area contributed by atoms with E-state index in [-0.39, 0.29) is 23.9 Å². The second-order valence-corrected chi connectivity index (χ2v) is 10.8. The normalized spacial score (nSPS) is 11.0. The first kappa shape index (κ1) is 30.0. The molecule has 0 atom stereocenters.